The van der Waals surface area contributed by atoms with Crippen molar-refractivity contribution < 1.29 is 4.79 Å². The van der Waals surface area contributed by atoms with Gasteiger partial charge in [0.1, 0.15) is 0 Å². The molecule has 0 amide bonds. The van der Waals surface area contributed by atoms with Crippen molar-refractivity contribution in [1.82, 2.24) is 9.97 Å². The lowest BCUT2D eigenvalue weighted by Crippen LogP contribution is -2.06. The molecule has 20 heavy (non-hydrogen) atoms. The fourth-order valence-corrected chi connectivity index (χ4v) is 2.59. The molecule has 1 heterocycles. The summed E-state index contributed by atoms with van der Waals surface area (Å²) < 4.78 is 0. The maximum atomic E-state index is 12.3. The van der Waals surface area contributed by atoms with E-state index in [1.807, 2.05) is 26.8 Å². The molecule has 0 aliphatic rings. The number of carbonyl (C=O) groups is 1. The molecule has 0 radical (unpaired) electrons. The molecule has 1 aromatic carbocycles. The van der Waals surface area contributed by atoms with Gasteiger partial charge in [-0.1, -0.05) is 17.8 Å². The van der Waals surface area contributed by atoms with Gasteiger partial charge in [0.2, 0.25) is 0 Å². The fourth-order valence-electron chi connectivity index (χ4n) is 1.92. The van der Waals surface area contributed by atoms with Crippen molar-refractivity contribution >= 4 is 17.5 Å². The van der Waals surface area contributed by atoms with Crippen LogP contribution in [0, 0.1) is 27.7 Å². The van der Waals surface area contributed by atoms with E-state index in [0.29, 0.717) is 10.9 Å². The first kappa shape index (κ1) is 14.7. The van der Waals surface area contributed by atoms with Gasteiger partial charge >= 0.3 is 0 Å². The minimum Gasteiger partial charge on any atom is -0.293 e. The van der Waals surface area contributed by atoms with E-state index in [2.05, 4.69) is 23.0 Å². The zero-order valence-electron chi connectivity index (χ0n) is 12.2. The third kappa shape index (κ3) is 3.45. The first-order valence-electron chi connectivity index (χ1n) is 6.50. The monoisotopic (exact) mass is 286 g/mol. The highest BCUT2D eigenvalue weighted by atomic mass is 32.2. The molecular weight excluding hydrogens is 268 g/mol. The molecule has 0 saturated carbocycles. The first-order chi connectivity index (χ1) is 9.47. The predicted molar refractivity (Wildman–Crippen MR) is 82.5 cm³/mol. The Balaban J connectivity index is 2.09. The van der Waals surface area contributed by atoms with E-state index in [1.165, 1.54) is 17.3 Å². The summed E-state index contributed by atoms with van der Waals surface area (Å²) in [6.07, 6.45) is 3.53. The summed E-state index contributed by atoms with van der Waals surface area (Å²) in [4.78, 5) is 20.7. The maximum absolute atomic E-state index is 12.3. The number of carbonyl (C=O) groups excluding carboxylic acids is 1. The molecule has 4 heteroatoms. The van der Waals surface area contributed by atoms with Crippen molar-refractivity contribution in [1.29, 1.82) is 0 Å². The lowest BCUT2D eigenvalue weighted by molar-refractivity contribution is 0.102. The molecule has 0 saturated heterocycles. The molecule has 2 aromatic rings. The second-order valence-corrected chi connectivity index (χ2v) is 5.95. The Kier molecular flexibility index (Phi) is 4.55. The van der Waals surface area contributed by atoms with Crippen LogP contribution >= 0.6 is 11.8 Å². The third-order valence-electron chi connectivity index (χ3n) is 3.23. The van der Waals surface area contributed by atoms with Crippen LogP contribution in [0.5, 0.6) is 0 Å². The number of hydrogen-bond acceptors (Lipinski definition) is 4. The van der Waals surface area contributed by atoms with Crippen LogP contribution in [-0.4, -0.2) is 21.5 Å². The van der Waals surface area contributed by atoms with Crippen LogP contribution in [0.1, 0.15) is 32.6 Å². The van der Waals surface area contributed by atoms with E-state index >= 15 is 0 Å². The molecule has 0 fully saturated rings. The van der Waals surface area contributed by atoms with E-state index in [-0.39, 0.29) is 5.78 Å². The Bertz CT molecular complexity index is 636. The molecule has 2 rings (SSSR count). The summed E-state index contributed by atoms with van der Waals surface area (Å²) in [6.45, 7) is 8.01. The molecule has 104 valence electrons. The number of aromatic nitrogens is 2. The minimum atomic E-state index is 0.125. The number of Topliss-reactive ketones (excluding diaryl/α,β-unsaturated/α-hetero) is 1. The minimum absolute atomic E-state index is 0.125. The number of nitrogens with zero attached hydrogens (tertiary/aromatic N) is 2. The average molecular weight is 286 g/mol. The Labute approximate surface area is 123 Å². The number of rotatable bonds is 4. The van der Waals surface area contributed by atoms with Gasteiger partial charge in [-0.05, 0) is 56.0 Å². The second kappa shape index (κ2) is 6.18. The van der Waals surface area contributed by atoms with Gasteiger partial charge in [-0.2, -0.15) is 0 Å². The summed E-state index contributed by atoms with van der Waals surface area (Å²) in [5.41, 5.74) is 5.21. The zero-order valence-corrected chi connectivity index (χ0v) is 13.0. The quantitative estimate of drug-likeness (QED) is 0.488. The van der Waals surface area contributed by atoms with Gasteiger partial charge in [-0.25, -0.2) is 9.97 Å². The molecular formula is C16H18N2OS. The van der Waals surface area contributed by atoms with Gasteiger partial charge < -0.3 is 0 Å². The van der Waals surface area contributed by atoms with E-state index in [9.17, 15) is 4.79 Å². The van der Waals surface area contributed by atoms with Crippen LogP contribution in [0.3, 0.4) is 0 Å². The van der Waals surface area contributed by atoms with Gasteiger partial charge in [-0.3, -0.25) is 4.79 Å². The summed E-state index contributed by atoms with van der Waals surface area (Å²) in [5.74, 6) is 0.492. The highest BCUT2D eigenvalue weighted by Crippen LogP contribution is 2.19. The standard InChI is InChI=1S/C16H18N2OS/c1-10-7-17-16(18-8-10)20-9-15(19)14-6-12(3)11(2)5-13(14)4/h5-8H,9H2,1-4H3. The molecule has 0 aliphatic heterocycles. The largest absolute Gasteiger partial charge is 0.293 e. The van der Waals surface area contributed by atoms with Crippen LogP contribution in [0.25, 0.3) is 0 Å². The Morgan fingerprint density at radius 3 is 2.25 bits per heavy atom. The molecule has 0 aliphatic carbocycles. The van der Waals surface area contributed by atoms with E-state index in [4.69, 9.17) is 0 Å². The van der Waals surface area contributed by atoms with Gasteiger partial charge in [0, 0.05) is 18.0 Å². The number of ketones is 1. The lowest BCUT2D eigenvalue weighted by Gasteiger charge is -2.08. The van der Waals surface area contributed by atoms with Crippen molar-refractivity contribution in [3.8, 4) is 0 Å². The van der Waals surface area contributed by atoms with E-state index in [0.717, 1.165) is 22.3 Å². The summed E-state index contributed by atoms with van der Waals surface area (Å²) in [6, 6.07) is 4.04. The maximum Gasteiger partial charge on any atom is 0.187 e. The van der Waals surface area contributed by atoms with Gasteiger partial charge in [0.15, 0.2) is 10.9 Å². The van der Waals surface area contributed by atoms with Gasteiger partial charge in [0.25, 0.3) is 0 Å². The van der Waals surface area contributed by atoms with Crippen molar-refractivity contribution in [3.05, 3.63) is 52.3 Å². The molecule has 0 bridgehead atoms. The predicted octanol–water partition coefficient (Wildman–Crippen LogP) is 3.69. The normalized spacial score (nSPS) is 10.6. The first-order valence-corrected chi connectivity index (χ1v) is 7.48. The molecule has 1 aromatic heterocycles. The number of thioether (sulfide) groups is 1. The average Bonchev–Trinajstić information content (AvgIpc) is 2.42. The van der Waals surface area contributed by atoms with Crippen LogP contribution in [0.4, 0.5) is 0 Å². The summed E-state index contributed by atoms with van der Waals surface area (Å²) in [7, 11) is 0. The third-order valence-corrected chi connectivity index (χ3v) is 4.11. The highest BCUT2D eigenvalue weighted by Gasteiger charge is 2.12. The Morgan fingerprint density at radius 2 is 1.60 bits per heavy atom. The topological polar surface area (TPSA) is 42.9 Å². The van der Waals surface area contributed by atoms with Crippen LogP contribution in [-0.2, 0) is 0 Å². The number of hydrogen-bond donors (Lipinski definition) is 0. The van der Waals surface area contributed by atoms with Gasteiger partial charge in [0.05, 0.1) is 5.75 Å². The second-order valence-electron chi connectivity index (χ2n) is 5.01. The van der Waals surface area contributed by atoms with Crippen LogP contribution in [0.15, 0.2) is 29.7 Å². The molecule has 0 atom stereocenters. The van der Waals surface area contributed by atoms with E-state index in [1.54, 1.807) is 12.4 Å². The van der Waals surface area contributed by atoms with Gasteiger partial charge in [-0.15, -0.1) is 0 Å². The summed E-state index contributed by atoms with van der Waals surface area (Å²) >= 11 is 1.38. The Hall–Kier alpha value is -1.68. The molecule has 0 spiro atoms. The molecule has 3 nitrogen and oxygen atoms in total. The highest BCUT2D eigenvalue weighted by molar-refractivity contribution is 7.99. The van der Waals surface area contributed by atoms with Crippen molar-refractivity contribution in [2.24, 2.45) is 0 Å². The van der Waals surface area contributed by atoms with Crippen molar-refractivity contribution in [2.45, 2.75) is 32.9 Å². The van der Waals surface area contributed by atoms with Crippen molar-refractivity contribution in [2.75, 3.05) is 5.75 Å². The number of benzene rings is 1. The Morgan fingerprint density at radius 1 is 1.00 bits per heavy atom. The lowest BCUT2D eigenvalue weighted by atomic mass is 9.99. The van der Waals surface area contributed by atoms with Crippen molar-refractivity contribution in [3.63, 3.8) is 0 Å². The summed E-state index contributed by atoms with van der Waals surface area (Å²) in [5, 5.41) is 0.644. The zero-order chi connectivity index (χ0) is 14.7. The molecule has 0 N–H and O–H groups in total. The van der Waals surface area contributed by atoms with E-state index < -0.39 is 0 Å². The van der Waals surface area contributed by atoms with Crippen LogP contribution < -0.4 is 0 Å². The number of aryl methyl sites for hydroxylation is 4. The van der Waals surface area contributed by atoms with Crippen LogP contribution in [0.2, 0.25) is 0 Å². The fraction of sp³-hybridized carbons (Fsp3) is 0.312. The SMILES string of the molecule is Cc1cnc(SCC(=O)c2cc(C)c(C)cc2C)nc1. The smallest absolute Gasteiger partial charge is 0.187 e. The molecule has 0 unspecified atom stereocenters.